The molecule has 2 N–H and O–H groups in total. The number of para-hydroxylation sites is 1. The molecule has 1 aliphatic rings. The van der Waals surface area contributed by atoms with Crippen molar-refractivity contribution in [2.75, 3.05) is 13.1 Å². The fourth-order valence-corrected chi connectivity index (χ4v) is 2.64. The molecule has 6 nitrogen and oxygen atoms in total. The fourth-order valence-electron chi connectivity index (χ4n) is 2.64. The van der Waals surface area contributed by atoms with Crippen LogP contribution >= 0.6 is 0 Å². The van der Waals surface area contributed by atoms with E-state index in [-0.39, 0.29) is 23.7 Å². The summed E-state index contributed by atoms with van der Waals surface area (Å²) >= 11 is 0. The molecule has 6 heteroatoms. The number of likely N-dealkylation sites (tertiary alicyclic amines) is 1. The molecule has 23 heavy (non-hydrogen) atoms. The van der Waals surface area contributed by atoms with Gasteiger partial charge in [-0.15, -0.1) is 0 Å². The predicted octanol–water partition coefficient (Wildman–Crippen LogP) is 1.30. The fraction of sp³-hybridized carbons (Fsp3) is 0.471. The molecule has 0 aromatic heterocycles. The maximum absolute atomic E-state index is 12.7. The molecule has 122 valence electrons. The molecular formula is C17H21N3O3. The first-order valence-corrected chi connectivity index (χ1v) is 7.68. The highest BCUT2D eigenvalue weighted by molar-refractivity contribution is 5.84. The number of ether oxygens (including phenoxy) is 1. The summed E-state index contributed by atoms with van der Waals surface area (Å²) in [5.74, 6) is -0.513. The maximum Gasteiger partial charge on any atom is 0.263 e. The largest absolute Gasteiger partial charge is 0.479 e. The van der Waals surface area contributed by atoms with Crippen LogP contribution in [0.5, 0.6) is 5.75 Å². The molecular weight excluding hydrogens is 294 g/mol. The number of carbonyl (C=O) groups excluding carboxylic acids is 2. The molecule has 1 aliphatic heterocycles. The highest BCUT2D eigenvalue weighted by Gasteiger charge is 2.35. The molecule has 0 saturated carbocycles. The van der Waals surface area contributed by atoms with E-state index in [0.29, 0.717) is 30.8 Å². The molecule has 0 unspecified atom stereocenters. The molecule has 1 aromatic rings. The van der Waals surface area contributed by atoms with Crippen LogP contribution < -0.4 is 10.5 Å². The van der Waals surface area contributed by atoms with E-state index in [1.54, 1.807) is 29.2 Å². The molecule has 1 fully saturated rings. The summed E-state index contributed by atoms with van der Waals surface area (Å²) in [6.07, 6.45) is -0.114. The van der Waals surface area contributed by atoms with E-state index in [1.807, 2.05) is 13.8 Å². The zero-order chi connectivity index (χ0) is 17.0. The third kappa shape index (κ3) is 3.81. The number of hydrogen-bond acceptors (Lipinski definition) is 4. The monoisotopic (exact) mass is 315 g/mol. The first kappa shape index (κ1) is 16.8. The van der Waals surface area contributed by atoms with Crippen molar-refractivity contribution in [2.45, 2.75) is 26.4 Å². The summed E-state index contributed by atoms with van der Waals surface area (Å²) in [5, 5.41) is 9.14. The van der Waals surface area contributed by atoms with Crippen molar-refractivity contribution < 1.29 is 14.3 Å². The number of nitrogens with two attached hydrogens (primary N) is 1. The van der Waals surface area contributed by atoms with E-state index >= 15 is 0 Å². The summed E-state index contributed by atoms with van der Waals surface area (Å²) in [6, 6.07) is 8.89. The Morgan fingerprint density at radius 1 is 1.39 bits per heavy atom. The van der Waals surface area contributed by atoms with E-state index < -0.39 is 6.10 Å². The van der Waals surface area contributed by atoms with Gasteiger partial charge in [-0.1, -0.05) is 26.0 Å². The molecule has 2 atom stereocenters. The first-order valence-electron chi connectivity index (χ1n) is 7.68. The van der Waals surface area contributed by atoms with E-state index in [1.165, 1.54) is 0 Å². The first-order chi connectivity index (χ1) is 10.9. The van der Waals surface area contributed by atoms with Gasteiger partial charge in [0.1, 0.15) is 11.8 Å². The highest BCUT2D eigenvalue weighted by Crippen LogP contribution is 2.24. The second kappa shape index (κ2) is 7.14. The van der Waals surface area contributed by atoms with Crippen molar-refractivity contribution in [2.24, 2.45) is 17.6 Å². The van der Waals surface area contributed by atoms with Gasteiger partial charge in [-0.2, -0.15) is 5.26 Å². The Balaban J connectivity index is 2.14. The van der Waals surface area contributed by atoms with Crippen LogP contribution in [-0.4, -0.2) is 35.9 Å². The molecule has 1 heterocycles. The van der Waals surface area contributed by atoms with E-state index in [9.17, 15) is 9.59 Å². The van der Waals surface area contributed by atoms with Gasteiger partial charge < -0.3 is 15.4 Å². The van der Waals surface area contributed by atoms with Crippen molar-refractivity contribution in [3.8, 4) is 11.8 Å². The number of nitriles is 1. The third-order valence-electron chi connectivity index (χ3n) is 4.01. The summed E-state index contributed by atoms with van der Waals surface area (Å²) in [7, 11) is 0. The minimum atomic E-state index is -0.698. The Morgan fingerprint density at radius 2 is 2.09 bits per heavy atom. The minimum Gasteiger partial charge on any atom is -0.479 e. The van der Waals surface area contributed by atoms with Gasteiger partial charge in [-0.25, -0.2) is 0 Å². The van der Waals surface area contributed by atoms with Gasteiger partial charge in [-0.3, -0.25) is 9.59 Å². The van der Waals surface area contributed by atoms with Gasteiger partial charge in [0.05, 0.1) is 11.5 Å². The standard InChI is InChI=1S/C17H21N3O3/c1-11(2)15(23-14-6-4-3-5-12(14)9-18)17(22)20-8-7-13(10-20)16(19)21/h3-6,11,13,15H,7-8,10H2,1-2H3,(H2,19,21)/t13-,15+/m0/s1. The lowest BCUT2D eigenvalue weighted by Crippen LogP contribution is -2.44. The van der Waals surface area contributed by atoms with Gasteiger partial charge in [0, 0.05) is 13.1 Å². The predicted molar refractivity (Wildman–Crippen MR) is 84.3 cm³/mol. The minimum absolute atomic E-state index is 0.0677. The van der Waals surface area contributed by atoms with Crippen LogP contribution in [0.25, 0.3) is 0 Å². The lowest BCUT2D eigenvalue weighted by Gasteiger charge is -2.27. The molecule has 0 spiro atoms. The van der Waals surface area contributed by atoms with Crippen LogP contribution in [0.1, 0.15) is 25.8 Å². The molecule has 0 bridgehead atoms. The molecule has 1 aromatic carbocycles. The van der Waals surface area contributed by atoms with Crippen molar-refractivity contribution in [3.05, 3.63) is 29.8 Å². The van der Waals surface area contributed by atoms with Gasteiger partial charge in [0.25, 0.3) is 5.91 Å². The number of carbonyl (C=O) groups is 2. The van der Waals surface area contributed by atoms with Crippen LogP contribution in [0.3, 0.4) is 0 Å². The number of benzene rings is 1. The summed E-state index contributed by atoms with van der Waals surface area (Å²) in [6.45, 7) is 4.61. The second-order valence-electron chi connectivity index (χ2n) is 6.06. The van der Waals surface area contributed by atoms with Gasteiger partial charge in [0.15, 0.2) is 6.10 Å². The Bertz CT molecular complexity index is 636. The maximum atomic E-state index is 12.7. The lowest BCUT2D eigenvalue weighted by atomic mass is 10.1. The van der Waals surface area contributed by atoms with Gasteiger partial charge in [-0.05, 0) is 24.5 Å². The van der Waals surface area contributed by atoms with Gasteiger partial charge >= 0.3 is 0 Å². The quantitative estimate of drug-likeness (QED) is 0.885. The second-order valence-corrected chi connectivity index (χ2v) is 6.06. The van der Waals surface area contributed by atoms with Crippen LogP contribution in [0, 0.1) is 23.2 Å². The Hall–Kier alpha value is -2.55. The van der Waals surface area contributed by atoms with Crippen LogP contribution in [0.15, 0.2) is 24.3 Å². The van der Waals surface area contributed by atoms with E-state index in [4.69, 9.17) is 15.7 Å². The van der Waals surface area contributed by atoms with E-state index in [2.05, 4.69) is 6.07 Å². The molecule has 2 rings (SSSR count). The van der Waals surface area contributed by atoms with Gasteiger partial charge in [0.2, 0.25) is 5.91 Å². The van der Waals surface area contributed by atoms with Crippen LogP contribution in [0.2, 0.25) is 0 Å². The lowest BCUT2D eigenvalue weighted by molar-refractivity contribution is -0.139. The average molecular weight is 315 g/mol. The third-order valence-corrected chi connectivity index (χ3v) is 4.01. The average Bonchev–Trinajstić information content (AvgIpc) is 3.02. The van der Waals surface area contributed by atoms with Crippen LogP contribution in [0.4, 0.5) is 0 Å². The van der Waals surface area contributed by atoms with E-state index in [0.717, 1.165) is 0 Å². The zero-order valence-electron chi connectivity index (χ0n) is 13.4. The summed E-state index contributed by atoms with van der Waals surface area (Å²) < 4.78 is 5.84. The number of amides is 2. The number of primary amides is 1. The highest BCUT2D eigenvalue weighted by atomic mass is 16.5. The number of nitrogens with zero attached hydrogens (tertiary/aromatic N) is 2. The summed E-state index contributed by atoms with van der Waals surface area (Å²) in [5.41, 5.74) is 5.70. The molecule has 2 amide bonds. The van der Waals surface area contributed by atoms with Crippen molar-refractivity contribution in [1.82, 2.24) is 4.90 Å². The summed E-state index contributed by atoms with van der Waals surface area (Å²) in [4.78, 5) is 25.6. The topological polar surface area (TPSA) is 96.4 Å². The Kier molecular flexibility index (Phi) is 5.22. The molecule has 0 radical (unpaired) electrons. The Labute approximate surface area is 135 Å². The number of rotatable bonds is 5. The number of hydrogen-bond donors (Lipinski definition) is 1. The molecule has 0 aliphatic carbocycles. The van der Waals surface area contributed by atoms with Crippen molar-refractivity contribution in [3.63, 3.8) is 0 Å². The Morgan fingerprint density at radius 3 is 2.65 bits per heavy atom. The smallest absolute Gasteiger partial charge is 0.263 e. The zero-order valence-corrected chi connectivity index (χ0v) is 13.4. The molecule has 1 saturated heterocycles. The normalized spacial score (nSPS) is 18.5. The SMILES string of the molecule is CC(C)[C@@H](Oc1ccccc1C#N)C(=O)N1CC[C@H](C(N)=O)C1. The van der Waals surface area contributed by atoms with Crippen LogP contribution in [-0.2, 0) is 9.59 Å². The van der Waals surface area contributed by atoms with Crippen molar-refractivity contribution in [1.29, 1.82) is 5.26 Å². The van der Waals surface area contributed by atoms with Crippen molar-refractivity contribution >= 4 is 11.8 Å².